The maximum absolute atomic E-state index is 11.6. The number of rotatable bonds is 6. The van der Waals surface area contributed by atoms with Crippen molar-refractivity contribution < 1.29 is 4.79 Å². The van der Waals surface area contributed by atoms with E-state index in [1.54, 1.807) is 7.05 Å². The zero-order valence-corrected chi connectivity index (χ0v) is 15.3. The summed E-state index contributed by atoms with van der Waals surface area (Å²) in [6.07, 6.45) is 0. The van der Waals surface area contributed by atoms with Crippen LogP contribution in [0.15, 0.2) is 78.9 Å². The first-order chi connectivity index (χ1) is 12.7. The highest BCUT2D eigenvalue weighted by molar-refractivity contribution is 5.94. The number of benzene rings is 3. The summed E-state index contributed by atoms with van der Waals surface area (Å²) in [5, 5.41) is 2.64. The van der Waals surface area contributed by atoms with E-state index in [4.69, 9.17) is 0 Å². The molecule has 3 heteroatoms. The van der Waals surface area contributed by atoms with Crippen molar-refractivity contribution >= 4 is 5.91 Å². The zero-order valence-electron chi connectivity index (χ0n) is 15.3. The van der Waals surface area contributed by atoms with Gasteiger partial charge in [0.1, 0.15) is 0 Å². The van der Waals surface area contributed by atoms with Gasteiger partial charge in [-0.3, -0.25) is 9.69 Å². The van der Waals surface area contributed by atoms with Crippen molar-refractivity contribution in [2.75, 3.05) is 14.1 Å². The molecule has 3 rings (SSSR count). The molecule has 0 radical (unpaired) electrons. The van der Waals surface area contributed by atoms with Gasteiger partial charge >= 0.3 is 0 Å². The summed E-state index contributed by atoms with van der Waals surface area (Å²) in [6.45, 7) is 1.84. The van der Waals surface area contributed by atoms with Crippen molar-refractivity contribution in [1.29, 1.82) is 0 Å². The van der Waals surface area contributed by atoms with Gasteiger partial charge in [0.05, 0.1) is 0 Å². The Morgan fingerprint density at radius 3 is 1.81 bits per heavy atom. The molecule has 0 saturated carbocycles. The molecular formula is C23H24N2O. The van der Waals surface area contributed by atoms with E-state index in [0.717, 1.165) is 24.2 Å². The van der Waals surface area contributed by atoms with E-state index in [1.165, 1.54) is 11.1 Å². The second-order valence-corrected chi connectivity index (χ2v) is 6.51. The molecule has 0 aliphatic rings. The minimum absolute atomic E-state index is 0.0617. The molecular weight excluding hydrogens is 320 g/mol. The second kappa shape index (κ2) is 8.45. The van der Waals surface area contributed by atoms with E-state index >= 15 is 0 Å². The molecule has 3 aromatic carbocycles. The predicted molar refractivity (Wildman–Crippen MR) is 107 cm³/mol. The van der Waals surface area contributed by atoms with E-state index in [2.05, 4.69) is 65.8 Å². The number of carbonyl (C=O) groups excluding carboxylic acids is 1. The van der Waals surface area contributed by atoms with Crippen LogP contribution in [-0.4, -0.2) is 24.9 Å². The Bertz CT molecular complexity index is 840. The van der Waals surface area contributed by atoms with Gasteiger partial charge in [-0.2, -0.15) is 0 Å². The number of nitrogens with zero attached hydrogens (tertiary/aromatic N) is 1. The average Bonchev–Trinajstić information content (AvgIpc) is 2.69. The molecule has 0 saturated heterocycles. The Balaban J connectivity index is 1.63. The van der Waals surface area contributed by atoms with Crippen molar-refractivity contribution in [2.24, 2.45) is 0 Å². The van der Waals surface area contributed by atoms with Gasteiger partial charge in [0.2, 0.25) is 0 Å². The van der Waals surface area contributed by atoms with Crippen LogP contribution in [-0.2, 0) is 13.1 Å². The van der Waals surface area contributed by atoms with Gasteiger partial charge < -0.3 is 5.32 Å². The first kappa shape index (κ1) is 17.9. The van der Waals surface area contributed by atoms with Crippen LogP contribution in [0.1, 0.15) is 21.5 Å². The van der Waals surface area contributed by atoms with Crippen molar-refractivity contribution in [3.05, 3.63) is 95.6 Å². The van der Waals surface area contributed by atoms with Crippen LogP contribution in [0.2, 0.25) is 0 Å². The standard InChI is InChI=1S/C23H24N2O/c1-24-23(26)22-14-12-21(13-15-22)20-10-8-19(9-11-20)17-25(2)16-18-6-4-3-5-7-18/h3-15H,16-17H2,1-2H3,(H,24,26). The fourth-order valence-corrected chi connectivity index (χ4v) is 3.02. The van der Waals surface area contributed by atoms with Gasteiger partial charge in [-0.25, -0.2) is 0 Å². The lowest BCUT2D eigenvalue weighted by molar-refractivity contribution is 0.0963. The second-order valence-electron chi connectivity index (χ2n) is 6.51. The normalized spacial score (nSPS) is 10.7. The third-order valence-electron chi connectivity index (χ3n) is 4.41. The van der Waals surface area contributed by atoms with Crippen molar-refractivity contribution in [3.63, 3.8) is 0 Å². The summed E-state index contributed by atoms with van der Waals surface area (Å²) in [7, 11) is 3.78. The SMILES string of the molecule is CNC(=O)c1ccc(-c2ccc(CN(C)Cc3ccccc3)cc2)cc1. The number of amides is 1. The summed E-state index contributed by atoms with van der Waals surface area (Å²) in [5.74, 6) is -0.0617. The Morgan fingerprint density at radius 2 is 1.27 bits per heavy atom. The quantitative estimate of drug-likeness (QED) is 0.721. The minimum atomic E-state index is -0.0617. The van der Waals surface area contributed by atoms with E-state index in [1.807, 2.05) is 30.3 Å². The van der Waals surface area contributed by atoms with Crippen LogP contribution in [0.4, 0.5) is 0 Å². The smallest absolute Gasteiger partial charge is 0.251 e. The van der Waals surface area contributed by atoms with Gasteiger partial charge in [0, 0.05) is 25.7 Å². The predicted octanol–water partition coefficient (Wildman–Crippen LogP) is 4.35. The fraction of sp³-hybridized carbons (Fsp3) is 0.174. The van der Waals surface area contributed by atoms with E-state index in [-0.39, 0.29) is 5.91 Å². The largest absolute Gasteiger partial charge is 0.355 e. The van der Waals surface area contributed by atoms with Gasteiger partial charge in [-0.1, -0.05) is 66.7 Å². The van der Waals surface area contributed by atoms with Crippen molar-refractivity contribution in [3.8, 4) is 11.1 Å². The highest BCUT2D eigenvalue weighted by Crippen LogP contribution is 2.21. The molecule has 0 unspecified atom stereocenters. The lowest BCUT2D eigenvalue weighted by Gasteiger charge is -2.17. The van der Waals surface area contributed by atoms with Crippen LogP contribution in [0.3, 0.4) is 0 Å². The molecule has 3 aromatic rings. The monoisotopic (exact) mass is 344 g/mol. The molecule has 0 spiro atoms. The third-order valence-corrected chi connectivity index (χ3v) is 4.41. The number of hydrogen-bond donors (Lipinski definition) is 1. The average molecular weight is 344 g/mol. The molecule has 3 nitrogen and oxygen atoms in total. The minimum Gasteiger partial charge on any atom is -0.355 e. The Hall–Kier alpha value is -2.91. The van der Waals surface area contributed by atoms with Gasteiger partial charge in [-0.05, 0) is 41.4 Å². The van der Waals surface area contributed by atoms with E-state index in [0.29, 0.717) is 5.56 Å². The van der Waals surface area contributed by atoms with Crippen LogP contribution in [0.25, 0.3) is 11.1 Å². The molecule has 0 heterocycles. The van der Waals surface area contributed by atoms with Crippen molar-refractivity contribution in [1.82, 2.24) is 10.2 Å². The summed E-state index contributed by atoms with van der Waals surface area (Å²) in [4.78, 5) is 13.9. The zero-order chi connectivity index (χ0) is 18.4. The topological polar surface area (TPSA) is 32.3 Å². The van der Waals surface area contributed by atoms with Crippen LogP contribution in [0.5, 0.6) is 0 Å². The Kier molecular flexibility index (Phi) is 5.82. The molecule has 26 heavy (non-hydrogen) atoms. The van der Waals surface area contributed by atoms with Crippen LogP contribution < -0.4 is 5.32 Å². The molecule has 132 valence electrons. The summed E-state index contributed by atoms with van der Waals surface area (Å²) >= 11 is 0. The molecule has 0 aromatic heterocycles. The first-order valence-electron chi connectivity index (χ1n) is 8.79. The van der Waals surface area contributed by atoms with Gasteiger partial charge in [0.15, 0.2) is 0 Å². The molecule has 0 atom stereocenters. The highest BCUT2D eigenvalue weighted by atomic mass is 16.1. The summed E-state index contributed by atoms with van der Waals surface area (Å²) in [5.41, 5.74) is 5.55. The fourth-order valence-electron chi connectivity index (χ4n) is 3.02. The third kappa shape index (κ3) is 4.58. The van der Waals surface area contributed by atoms with Crippen molar-refractivity contribution in [2.45, 2.75) is 13.1 Å². The highest BCUT2D eigenvalue weighted by Gasteiger charge is 2.05. The lowest BCUT2D eigenvalue weighted by Crippen LogP contribution is -2.17. The van der Waals surface area contributed by atoms with Crippen LogP contribution >= 0.6 is 0 Å². The summed E-state index contributed by atoms with van der Waals surface area (Å²) < 4.78 is 0. The van der Waals surface area contributed by atoms with Gasteiger partial charge in [-0.15, -0.1) is 0 Å². The molecule has 0 aliphatic carbocycles. The molecule has 0 bridgehead atoms. The molecule has 0 aliphatic heterocycles. The molecule has 0 fully saturated rings. The van der Waals surface area contributed by atoms with E-state index in [9.17, 15) is 4.79 Å². The first-order valence-corrected chi connectivity index (χ1v) is 8.79. The Labute approximate surface area is 155 Å². The number of carbonyl (C=O) groups is 1. The molecule has 1 amide bonds. The maximum atomic E-state index is 11.6. The Morgan fingerprint density at radius 1 is 0.769 bits per heavy atom. The number of hydrogen-bond acceptors (Lipinski definition) is 2. The molecule has 1 N–H and O–H groups in total. The van der Waals surface area contributed by atoms with E-state index < -0.39 is 0 Å². The van der Waals surface area contributed by atoms with Crippen LogP contribution in [0, 0.1) is 0 Å². The number of nitrogens with one attached hydrogen (secondary N) is 1. The lowest BCUT2D eigenvalue weighted by atomic mass is 10.0. The maximum Gasteiger partial charge on any atom is 0.251 e. The summed E-state index contributed by atoms with van der Waals surface area (Å²) in [6, 6.07) is 26.8. The van der Waals surface area contributed by atoms with Gasteiger partial charge in [0.25, 0.3) is 5.91 Å².